The molecule has 1 aliphatic heterocycles. The quantitative estimate of drug-likeness (QED) is 0.849. The van der Waals surface area contributed by atoms with Crippen LogP contribution in [0.2, 0.25) is 5.02 Å². The Morgan fingerprint density at radius 1 is 1.50 bits per heavy atom. The van der Waals surface area contributed by atoms with Gasteiger partial charge in [0, 0.05) is 29.7 Å². The first-order valence-electron chi connectivity index (χ1n) is 5.63. The molecule has 1 aromatic rings. The summed E-state index contributed by atoms with van der Waals surface area (Å²) in [6.07, 6.45) is 2.31. The van der Waals surface area contributed by atoms with Gasteiger partial charge in [0.15, 0.2) is 0 Å². The number of nitrogens with two attached hydrogens (primary N) is 1. The summed E-state index contributed by atoms with van der Waals surface area (Å²) in [6.45, 7) is 2.39. The van der Waals surface area contributed by atoms with Crippen molar-refractivity contribution in [3.63, 3.8) is 0 Å². The van der Waals surface area contributed by atoms with E-state index in [1.165, 1.54) is 6.42 Å². The lowest BCUT2D eigenvalue weighted by atomic mass is 10.1. The highest BCUT2D eigenvalue weighted by molar-refractivity contribution is 6.31. The summed E-state index contributed by atoms with van der Waals surface area (Å²) in [5, 5.41) is 10.4. The Hall–Kier alpha value is -0.770. The lowest BCUT2D eigenvalue weighted by Crippen LogP contribution is -2.34. The van der Waals surface area contributed by atoms with E-state index in [0.717, 1.165) is 18.5 Å². The number of phenolic OH excluding ortho intramolecular Hbond substituents is 1. The zero-order valence-corrected chi connectivity index (χ0v) is 9.95. The van der Waals surface area contributed by atoms with Gasteiger partial charge in [-0.2, -0.15) is 0 Å². The average Bonchev–Trinajstić information content (AvgIpc) is 2.71. The van der Waals surface area contributed by atoms with Crippen LogP contribution in [0, 0.1) is 0 Å². The van der Waals surface area contributed by atoms with Gasteiger partial charge in [0.25, 0.3) is 0 Å². The molecular formula is C12H17ClN2O. The number of nitrogens with zero attached hydrogens (tertiary/aromatic N) is 1. The van der Waals surface area contributed by atoms with E-state index in [1.807, 2.05) is 6.07 Å². The van der Waals surface area contributed by atoms with Crippen LogP contribution in [0.4, 0.5) is 0 Å². The monoisotopic (exact) mass is 240 g/mol. The van der Waals surface area contributed by atoms with Crippen molar-refractivity contribution in [1.82, 2.24) is 4.90 Å². The van der Waals surface area contributed by atoms with Gasteiger partial charge in [0.1, 0.15) is 5.75 Å². The van der Waals surface area contributed by atoms with Crippen LogP contribution in [0.5, 0.6) is 5.75 Å². The van der Waals surface area contributed by atoms with Gasteiger partial charge < -0.3 is 10.8 Å². The number of halogens is 1. The van der Waals surface area contributed by atoms with Gasteiger partial charge in [-0.15, -0.1) is 0 Å². The van der Waals surface area contributed by atoms with Crippen molar-refractivity contribution in [3.8, 4) is 5.75 Å². The average molecular weight is 241 g/mol. The van der Waals surface area contributed by atoms with Crippen LogP contribution in [0.15, 0.2) is 18.2 Å². The van der Waals surface area contributed by atoms with E-state index in [4.69, 9.17) is 17.3 Å². The molecule has 0 aliphatic carbocycles. The van der Waals surface area contributed by atoms with E-state index in [9.17, 15) is 5.11 Å². The lowest BCUT2D eigenvalue weighted by Gasteiger charge is -2.23. The second kappa shape index (κ2) is 5.04. The third-order valence-electron chi connectivity index (χ3n) is 3.23. The molecule has 3 N–H and O–H groups in total. The predicted octanol–water partition coefficient (Wildman–Crippen LogP) is 1.97. The second-order valence-corrected chi connectivity index (χ2v) is 4.65. The standard InChI is InChI=1S/C12H17ClN2O/c13-11-4-1-5-12(16)10(11)8-15-6-2-3-9(15)7-14/h1,4-5,9,16H,2-3,6-8,14H2. The van der Waals surface area contributed by atoms with Gasteiger partial charge in [0.05, 0.1) is 0 Å². The maximum Gasteiger partial charge on any atom is 0.121 e. The van der Waals surface area contributed by atoms with Crippen molar-refractivity contribution >= 4 is 11.6 Å². The number of aromatic hydroxyl groups is 1. The van der Waals surface area contributed by atoms with Crippen molar-refractivity contribution in [3.05, 3.63) is 28.8 Å². The molecule has 88 valence electrons. The van der Waals surface area contributed by atoms with Gasteiger partial charge in [0.2, 0.25) is 0 Å². The molecule has 2 rings (SSSR count). The maximum absolute atomic E-state index is 9.77. The number of hydrogen-bond donors (Lipinski definition) is 2. The summed E-state index contributed by atoms with van der Waals surface area (Å²) < 4.78 is 0. The minimum absolute atomic E-state index is 0.273. The first-order valence-corrected chi connectivity index (χ1v) is 6.00. The molecule has 0 amide bonds. The Balaban J connectivity index is 2.14. The SMILES string of the molecule is NCC1CCCN1Cc1c(O)cccc1Cl. The van der Waals surface area contributed by atoms with Gasteiger partial charge in [-0.05, 0) is 31.5 Å². The van der Waals surface area contributed by atoms with Crippen molar-refractivity contribution in [1.29, 1.82) is 0 Å². The Bertz CT molecular complexity index is 350. The Labute approximate surface area is 101 Å². The fourth-order valence-electron chi connectivity index (χ4n) is 2.28. The largest absolute Gasteiger partial charge is 0.508 e. The highest BCUT2D eigenvalue weighted by Crippen LogP contribution is 2.29. The Kier molecular flexibility index (Phi) is 3.69. The van der Waals surface area contributed by atoms with Crippen LogP contribution < -0.4 is 5.73 Å². The fraction of sp³-hybridized carbons (Fsp3) is 0.500. The molecule has 1 heterocycles. The molecule has 0 aromatic heterocycles. The Morgan fingerprint density at radius 3 is 3.00 bits per heavy atom. The number of rotatable bonds is 3. The third kappa shape index (κ3) is 2.32. The number of benzene rings is 1. The fourth-order valence-corrected chi connectivity index (χ4v) is 2.51. The van der Waals surface area contributed by atoms with Crippen LogP contribution in [0.3, 0.4) is 0 Å². The van der Waals surface area contributed by atoms with Crippen molar-refractivity contribution in [2.45, 2.75) is 25.4 Å². The molecule has 0 radical (unpaired) electrons. The summed E-state index contributed by atoms with van der Waals surface area (Å²) >= 11 is 6.08. The second-order valence-electron chi connectivity index (χ2n) is 4.24. The molecule has 1 unspecified atom stereocenters. The summed E-state index contributed by atoms with van der Waals surface area (Å²) in [6, 6.07) is 5.67. The maximum atomic E-state index is 9.77. The van der Waals surface area contributed by atoms with E-state index < -0.39 is 0 Å². The molecule has 3 nitrogen and oxygen atoms in total. The molecule has 4 heteroatoms. The molecule has 0 spiro atoms. The van der Waals surface area contributed by atoms with E-state index in [0.29, 0.717) is 24.2 Å². The number of phenols is 1. The summed E-state index contributed by atoms with van der Waals surface area (Å²) in [4.78, 5) is 2.29. The van der Waals surface area contributed by atoms with Crippen LogP contribution in [0.1, 0.15) is 18.4 Å². The smallest absolute Gasteiger partial charge is 0.121 e. The topological polar surface area (TPSA) is 49.5 Å². The molecule has 1 aliphatic rings. The van der Waals surface area contributed by atoms with Gasteiger partial charge >= 0.3 is 0 Å². The highest BCUT2D eigenvalue weighted by Gasteiger charge is 2.24. The predicted molar refractivity (Wildman–Crippen MR) is 65.6 cm³/mol. The lowest BCUT2D eigenvalue weighted by molar-refractivity contribution is 0.247. The molecular weight excluding hydrogens is 224 g/mol. The minimum atomic E-state index is 0.273. The highest BCUT2D eigenvalue weighted by atomic mass is 35.5. The number of likely N-dealkylation sites (tertiary alicyclic amines) is 1. The Morgan fingerprint density at radius 2 is 2.31 bits per heavy atom. The van der Waals surface area contributed by atoms with Gasteiger partial charge in [-0.1, -0.05) is 17.7 Å². The third-order valence-corrected chi connectivity index (χ3v) is 3.58. The van der Waals surface area contributed by atoms with Crippen molar-refractivity contribution < 1.29 is 5.11 Å². The molecule has 0 saturated carbocycles. The van der Waals surface area contributed by atoms with Crippen LogP contribution in [-0.4, -0.2) is 29.1 Å². The van der Waals surface area contributed by atoms with Crippen molar-refractivity contribution in [2.24, 2.45) is 5.73 Å². The van der Waals surface area contributed by atoms with Crippen LogP contribution >= 0.6 is 11.6 Å². The molecule has 1 aromatic carbocycles. The van der Waals surface area contributed by atoms with E-state index in [2.05, 4.69) is 4.90 Å². The molecule has 1 saturated heterocycles. The van der Waals surface area contributed by atoms with Crippen LogP contribution in [0.25, 0.3) is 0 Å². The molecule has 1 fully saturated rings. The normalized spacial score (nSPS) is 21.5. The number of hydrogen-bond acceptors (Lipinski definition) is 3. The molecule has 16 heavy (non-hydrogen) atoms. The summed E-state index contributed by atoms with van der Waals surface area (Å²) in [5.74, 6) is 0.273. The van der Waals surface area contributed by atoms with Gasteiger partial charge in [-0.25, -0.2) is 0 Å². The zero-order valence-electron chi connectivity index (χ0n) is 9.19. The minimum Gasteiger partial charge on any atom is -0.508 e. The first kappa shape index (κ1) is 11.7. The van der Waals surface area contributed by atoms with E-state index in [1.54, 1.807) is 12.1 Å². The van der Waals surface area contributed by atoms with Crippen LogP contribution in [-0.2, 0) is 6.54 Å². The zero-order chi connectivity index (χ0) is 11.5. The van der Waals surface area contributed by atoms with Crippen molar-refractivity contribution in [2.75, 3.05) is 13.1 Å². The summed E-state index contributed by atoms with van der Waals surface area (Å²) in [5.41, 5.74) is 6.53. The summed E-state index contributed by atoms with van der Waals surface area (Å²) in [7, 11) is 0. The van der Waals surface area contributed by atoms with E-state index in [-0.39, 0.29) is 5.75 Å². The van der Waals surface area contributed by atoms with E-state index >= 15 is 0 Å². The molecule has 0 bridgehead atoms. The van der Waals surface area contributed by atoms with Gasteiger partial charge in [-0.3, -0.25) is 4.90 Å². The molecule has 1 atom stereocenters. The first-order chi connectivity index (χ1) is 7.72.